The second kappa shape index (κ2) is 16.5. The van der Waals surface area contributed by atoms with Crippen LogP contribution in [0.5, 0.6) is 11.5 Å². The molecule has 10 nitrogen and oxygen atoms in total. The average molecular weight is 710 g/mol. The fourth-order valence-electron chi connectivity index (χ4n) is 7.57. The Balaban J connectivity index is 1.11. The SMILES string of the molecule is CC(C)(C)N1C[C@@H](Oc2cccc3ccccc23)CC1C(=O)NC[C@@H](O)C[C@@H](Cc1ccc(OCCO)cc1)C(=O)N[C@H]1c2ccccc2C[C@H]1O. The topological polar surface area (TPSA) is 141 Å². The van der Waals surface area contributed by atoms with Crippen LogP contribution in [0.25, 0.3) is 10.8 Å². The highest BCUT2D eigenvalue weighted by Crippen LogP contribution is 2.34. The third kappa shape index (κ3) is 8.93. The van der Waals surface area contributed by atoms with E-state index in [1.165, 1.54) is 0 Å². The smallest absolute Gasteiger partial charge is 0.237 e. The van der Waals surface area contributed by atoms with Crippen molar-refractivity contribution in [3.8, 4) is 11.5 Å². The molecule has 0 aromatic heterocycles. The predicted molar refractivity (Wildman–Crippen MR) is 200 cm³/mol. The van der Waals surface area contributed by atoms with E-state index in [0.717, 1.165) is 33.2 Å². The number of carbonyl (C=O) groups is 2. The lowest BCUT2D eigenvalue weighted by molar-refractivity contribution is -0.128. The van der Waals surface area contributed by atoms with Gasteiger partial charge in [0.2, 0.25) is 11.8 Å². The van der Waals surface area contributed by atoms with Crippen molar-refractivity contribution in [2.24, 2.45) is 5.92 Å². The van der Waals surface area contributed by atoms with Crippen molar-refractivity contribution in [1.82, 2.24) is 15.5 Å². The van der Waals surface area contributed by atoms with Gasteiger partial charge in [-0.1, -0.05) is 72.8 Å². The van der Waals surface area contributed by atoms with E-state index in [9.17, 15) is 19.8 Å². The van der Waals surface area contributed by atoms with E-state index in [4.69, 9.17) is 14.6 Å². The van der Waals surface area contributed by atoms with Gasteiger partial charge < -0.3 is 35.4 Å². The molecule has 1 fully saturated rings. The molecule has 1 unspecified atom stereocenters. The Morgan fingerprint density at radius 3 is 2.46 bits per heavy atom. The molecule has 5 N–H and O–H groups in total. The van der Waals surface area contributed by atoms with Crippen molar-refractivity contribution >= 4 is 22.6 Å². The minimum absolute atomic E-state index is 0.0191. The highest BCUT2D eigenvalue weighted by atomic mass is 16.5. The maximum Gasteiger partial charge on any atom is 0.237 e. The lowest BCUT2D eigenvalue weighted by atomic mass is 9.92. The highest BCUT2D eigenvalue weighted by molar-refractivity contribution is 5.88. The number of amides is 2. The number of rotatable bonds is 14. The van der Waals surface area contributed by atoms with E-state index in [2.05, 4.69) is 48.4 Å². The minimum atomic E-state index is -1.00. The van der Waals surface area contributed by atoms with Crippen molar-refractivity contribution < 1.29 is 34.4 Å². The van der Waals surface area contributed by atoms with E-state index in [1.807, 2.05) is 66.7 Å². The van der Waals surface area contributed by atoms with Crippen molar-refractivity contribution in [3.63, 3.8) is 0 Å². The molecular weight excluding hydrogens is 658 g/mol. The van der Waals surface area contributed by atoms with E-state index in [-0.39, 0.29) is 49.6 Å². The van der Waals surface area contributed by atoms with Gasteiger partial charge in [-0.05, 0) is 73.9 Å². The van der Waals surface area contributed by atoms with Crippen molar-refractivity contribution in [1.29, 1.82) is 0 Å². The van der Waals surface area contributed by atoms with E-state index in [0.29, 0.717) is 31.6 Å². The highest BCUT2D eigenvalue weighted by Gasteiger charge is 2.43. The zero-order chi connectivity index (χ0) is 36.8. The number of hydrogen-bond acceptors (Lipinski definition) is 8. The molecule has 10 heteroatoms. The van der Waals surface area contributed by atoms with Gasteiger partial charge in [-0.15, -0.1) is 0 Å². The van der Waals surface area contributed by atoms with Crippen molar-refractivity contribution in [2.45, 2.75) is 82.4 Å². The van der Waals surface area contributed by atoms with Gasteiger partial charge in [0, 0.05) is 42.8 Å². The van der Waals surface area contributed by atoms with Gasteiger partial charge in [-0.25, -0.2) is 0 Å². The van der Waals surface area contributed by atoms with Crippen LogP contribution in [0.15, 0.2) is 91.0 Å². The van der Waals surface area contributed by atoms with Gasteiger partial charge in [0.1, 0.15) is 24.2 Å². The molecule has 52 heavy (non-hydrogen) atoms. The van der Waals surface area contributed by atoms with Gasteiger partial charge in [-0.3, -0.25) is 14.5 Å². The number of aliphatic hydroxyl groups is 3. The summed E-state index contributed by atoms with van der Waals surface area (Å²) in [7, 11) is 0. The van der Waals surface area contributed by atoms with E-state index in [1.54, 1.807) is 12.1 Å². The van der Waals surface area contributed by atoms with Crippen LogP contribution in [-0.2, 0) is 22.4 Å². The van der Waals surface area contributed by atoms with Gasteiger partial charge in [0.15, 0.2) is 0 Å². The Hall–Kier alpha value is -4.48. The van der Waals surface area contributed by atoms with Crippen molar-refractivity contribution in [2.75, 3.05) is 26.3 Å². The number of carbonyl (C=O) groups excluding carboxylic acids is 2. The third-order valence-electron chi connectivity index (χ3n) is 10.2. The molecule has 1 saturated heterocycles. The number of benzene rings is 4. The first-order valence-electron chi connectivity index (χ1n) is 18.3. The first-order chi connectivity index (χ1) is 25.0. The molecule has 4 aromatic rings. The molecule has 0 bridgehead atoms. The molecule has 1 aliphatic heterocycles. The van der Waals surface area contributed by atoms with Crippen LogP contribution in [0.4, 0.5) is 0 Å². The molecular formula is C42H51N3O7. The monoisotopic (exact) mass is 709 g/mol. The summed E-state index contributed by atoms with van der Waals surface area (Å²) in [6.07, 6.45) is -0.572. The van der Waals surface area contributed by atoms with E-state index < -0.39 is 30.2 Å². The summed E-state index contributed by atoms with van der Waals surface area (Å²) in [5.74, 6) is 0.275. The number of hydrogen-bond donors (Lipinski definition) is 5. The standard InChI is InChI=1S/C42H51N3O7/c1-42(2,3)45-26-33(52-38-14-8-11-28-9-4-6-12-34(28)38)24-36(45)41(50)43-25-31(47)22-30(21-27-15-17-32(18-16-27)51-20-19-46)40(49)44-39-35-13-7-5-10-29(35)23-37(39)48/h4-18,30-31,33,36-37,39,46-48H,19-26H2,1-3H3,(H,43,50)(H,44,49)/t30-,31+,33+,36?,37-,39+/m1/s1. The largest absolute Gasteiger partial charge is 0.491 e. The lowest BCUT2D eigenvalue weighted by Crippen LogP contribution is -2.52. The molecule has 6 atom stereocenters. The number of aliphatic hydroxyl groups excluding tert-OH is 3. The molecule has 0 spiro atoms. The number of nitrogens with one attached hydrogen (secondary N) is 2. The Morgan fingerprint density at radius 1 is 0.962 bits per heavy atom. The maximum atomic E-state index is 13.9. The number of nitrogens with zero attached hydrogens (tertiary/aromatic N) is 1. The summed E-state index contributed by atoms with van der Waals surface area (Å²) < 4.78 is 12.0. The maximum absolute atomic E-state index is 13.9. The zero-order valence-corrected chi connectivity index (χ0v) is 30.2. The van der Waals surface area contributed by atoms with Crippen LogP contribution >= 0.6 is 0 Å². The molecule has 2 aliphatic rings. The van der Waals surface area contributed by atoms with Crippen LogP contribution in [0.2, 0.25) is 0 Å². The van der Waals surface area contributed by atoms with Crippen LogP contribution in [0.3, 0.4) is 0 Å². The fourth-order valence-corrected chi connectivity index (χ4v) is 7.57. The van der Waals surface area contributed by atoms with Gasteiger partial charge in [0.25, 0.3) is 0 Å². The average Bonchev–Trinajstić information content (AvgIpc) is 3.71. The molecule has 0 radical (unpaired) electrons. The Labute approximate surface area is 305 Å². The molecule has 1 heterocycles. The van der Waals surface area contributed by atoms with Crippen LogP contribution in [-0.4, -0.2) is 88.2 Å². The van der Waals surface area contributed by atoms with E-state index >= 15 is 0 Å². The molecule has 276 valence electrons. The lowest BCUT2D eigenvalue weighted by Gasteiger charge is -2.36. The fraction of sp³-hybridized carbons (Fsp3) is 0.429. The van der Waals surface area contributed by atoms with Crippen molar-refractivity contribution in [3.05, 3.63) is 108 Å². The Morgan fingerprint density at radius 2 is 1.69 bits per heavy atom. The van der Waals surface area contributed by atoms with Crippen LogP contribution < -0.4 is 20.1 Å². The number of likely N-dealkylation sites (tertiary alicyclic amines) is 1. The summed E-state index contributed by atoms with van der Waals surface area (Å²) in [6.45, 7) is 6.89. The molecule has 0 saturated carbocycles. The summed E-state index contributed by atoms with van der Waals surface area (Å²) >= 11 is 0. The summed E-state index contributed by atoms with van der Waals surface area (Å²) in [5, 5.41) is 39.4. The molecule has 6 rings (SSSR count). The summed E-state index contributed by atoms with van der Waals surface area (Å²) in [5.41, 5.74) is 2.45. The second-order valence-electron chi connectivity index (χ2n) is 15.0. The number of fused-ring (bicyclic) bond motifs is 2. The normalized spacial score (nSPS) is 21.3. The first kappa shape index (κ1) is 37.3. The third-order valence-corrected chi connectivity index (χ3v) is 10.2. The number of ether oxygens (including phenoxy) is 2. The quantitative estimate of drug-likeness (QED) is 0.130. The van der Waals surface area contributed by atoms with Gasteiger partial charge in [0.05, 0.1) is 30.9 Å². The summed E-state index contributed by atoms with van der Waals surface area (Å²) in [4.78, 5) is 29.8. The Kier molecular flexibility index (Phi) is 11.8. The Bertz CT molecular complexity index is 1820. The minimum Gasteiger partial charge on any atom is -0.491 e. The zero-order valence-electron chi connectivity index (χ0n) is 30.2. The molecule has 1 aliphatic carbocycles. The first-order valence-corrected chi connectivity index (χ1v) is 18.3. The molecule has 2 amide bonds. The van der Waals surface area contributed by atoms with Gasteiger partial charge in [-0.2, -0.15) is 0 Å². The van der Waals surface area contributed by atoms with Crippen LogP contribution in [0, 0.1) is 5.92 Å². The van der Waals surface area contributed by atoms with Gasteiger partial charge >= 0.3 is 0 Å². The predicted octanol–water partition coefficient (Wildman–Crippen LogP) is 4.33. The summed E-state index contributed by atoms with van der Waals surface area (Å²) in [6, 6.07) is 28.0. The van der Waals surface area contributed by atoms with Crippen LogP contribution in [0.1, 0.15) is 56.3 Å². The second-order valence-corrected chi connectivity index (χ2v) is 15.0. The molecule has 4 aromatic carbocycles.